The van der Waals surface area contributed by atoms with Crippen LogP contribution >= 0.6 is 0 Å². The van der Waals surface area contributed by atoms with Gasteiger partial charge in [-0.05, 0) is 36.2 Å². The number of benzene rings is 2. The van der Waals surface area contributed by atoms with Gasteiger partial charge >= 0.3 is 0 Å². The van der Waals surface area contributed by atoms with E-state index in [2.05, 4.69) is 4.72 Å². The van der Waals surface area contributed by atoms with Gasteiger partial charge in [0.15, 0.2) is 0 Å². The second-order valence-corrected chi connectivity index (χ2v) is 6.25. The molecule has 5 nitrogen and oxygen atoms in total. The summed E-state index contributed by atoms with van der Waals surface area (Å²) in [4.78, 5) is 0.0575. The maximum absolute atomic E-state index is 12.6. The van der Waals surface area contributed by atoms with Crippen molar-refractivity contribution in [2.45, 2.75) is 18.2 Å². The molecule has 0 heterocycles. The van der Waals surface area contributed by atoms with Crippen LogP contribution in [0.15, 0.2) is 47.4 Å². The van der Waals surface area contributed by atoms with Crippen molar-refractivity contribution >= 4 is 15.7 Å². The molecular formula is C16H16N2O3S. The van der Waals surface area contributed by atoms with Crippen LogP contribution < -0.4 is 9.46 Å². The third kappa shape index (κ3) is 3.21. The number of hydrogen-bond acceptors (Lipinski definition) is 4. The molecule has 114 valence electrons. The summed E-state index contributed by atoms with van der Waals surface area (Å²) in [6, 6.07) is 13.4. The Morgan fingerprint density at radius 1 is 1.23 bits per heavy atom. The normalized spacial score (nSPS) is 10.8. The summed E-state index contributed by atoms with van der Waals surface area (Å²) in [5.74, 6) is 0.263. The maximum atomic E-state index is 12.6. The number of nitriles is 1. The fraction of sp³-hybridized carbons (Fsp3) is 0.188. The monoisotopic (exact) mass is 316 g/mol. The summed E-state index contributed by atoms with van der Waals surface area (Å²) < 4.78 is 32.8. The average molecular weight is 316 g/mol. The summed E-state index contributed by atoms with van der Waals surface area (Å²) in [5.41, 5.74) is 1.39. The number of hydrogen-bond donors (Lipinski definition) is 1. The minimum atomic E-state index is -3.85. The van der Waals surface area contributed by atoms with Crippen LogP contribution in [-0.2, 0) is 16.4 Å². The summed E-state index contributed by atoms with van der Waals surface area (Å²) in [6.07, 6.45) is 0.710. The van der Waals surface area contributed by atoms with E-state index in [0.29, 0.717) is 6.42 Å². The summed E-state index contributed by atoms with van der Waals surface area (Å²) in [6.45, 7) is 1.94. The first-order valence-electron chi connectivity index (χ1n) is 6.70. The van der Waals surface area contributed by atoms with Crippen molar-refractivity contribution in [2.24, 2.45) is 0 Å². The van der Waals surface area contributed by atoms with Crippen molar-refractivity contribution in [1.29, 1.82) is 5.26 Å². The van der Waals surface area contributed by atoms with Crippen LogP contribution in [-0.4, -0.2) is 15.5 Å². The van der Waals surface area contributed by atoms with E-state index in [4.69, 9.17) is 10.00 Å². The number of anilines is 1. The van der Waals surface area contributed by atoms with Crippen LogP contribution in [0.3, 0.4) is 0 Å². The van der Waals surface area contributed by atoms with E-state index in [-0.39, 0.29) is 21.9 Å². The highest BCUT2D eigenvalue weighted by Crippen LogP contribution is 2.28. The molecule has 0 spiro atoms. The SMILES string of the molecule is CCc1ccc(OC)c(S(=O)(=O)Nc2ccccc2C#N)c1. The van der Waals surface area contributed by atoms with E-state index in [1.165, 1.54) is 7.11 Å². The van der Waals surface area contributed by atoms with Gasteiger partial charge < -0.3 is 4.74 Å². The molecule has 0 atom stereocenters. The zero-order valence-electron chi connectivity index (χ0n) is 12.3. The Balaban J connectivity index is 2.49. The van der Waals surface area contributed by atoms with Crippen molar-refractivity contribution in [3.8, 4) is 11.8 Å². The Bertz CT molecular complexity index is 824. The molecule has 0 radical (unpaired) electrons. The van der Waals surface area contributed by atoms with E-state index in [1.54, 1.807) is 36.4 Å². The molecule has 0 saturated carbocycles. The third-order valence-electron chi connectivity index (χ3n) is 3.22. The van der Waals surface area contributed by atoms with Gasteiger partial charge in [-0.1, -0.05) is 25.1 Å². The predicted octanol–water partition coefficient (Wildman–Crippen LogP) is 2.93. The lowest BCUT2D eigenvalue weighted by Gasteiger charge is -2.13. The molecule has 0 fully saturated rings. The van der Waals surface area contributed by atoms with Crippen molar-refractivity contribution in [3.63, 3.8) is 0 Å². The fourth-order valence-corrected chi connectivity index (χ4v) is 3.32. The Morgan fingerprint density at radius 2 is 1.95 bits per heavy atom. The smallest absolute Gasteiger partial charge is 0.265 e. The number of para-hydroxylation sites is 1. The van der Waals surface area contributed by atoms with Gasteiger partial charge in [0, 0.05) is 0 Å². The van der Waals surface area contributed by atoms with Crippen LogP contribution in [0, 0.1) is 11.3 Å². The van der Waals surface area contributed by atoms with E-state index < -0.39 is 10.0 Å². The Labute approximate surface area is 130 Å². The van der Waals surface area contributed by atoms with E-state index in [9.17, 15) is 8.42 Å². The van der Waals surface area contributed by atoms with Crippen molar-refractivity contribution in [3.05, 3.63) is 53.6 Å². The molecule has 0 amide bonds. The van der Waals surface area contributed by atoms with Crippen LogP contribution in [0.1, 0.15) is 18.1 Å². The highest BCUT2D eigenvalue weighted by molar-refractivity contribution is 7.92. The first-order chi connectivity index (χ1) is 10.5. The number of ether oxygens (including phenoxy) is 1. The molecule has 0 aliphatic carbocycles. The molecule has 0 aliphatic rings. The molecule has 2 aromatic rings. The zero-order valence-corrected chi connectivity index (χ0v) is 13.1. The number of aryl methyl sites for hydroxylation is 1. The minimum Gasteiger partial charge on any atom is -0.495 e. The lowest BCUT2D eigenvalue weighted by Crippen LogP contribution is -2.15. The van der Waals surface area contributed by atoms with Gasteiger partial charge in [0.1, 0.15) is 16.7 Å². The predicted molar refractivity (Wildman–Crippen MR) is 84.3 cm³/mol. The van der Waals surface area contributed by atoms with Gasteiger partial charge in [-0.25, -0.2) is 8.42 Å². The Kier molecular flexibility index (Phi) is 4.68. The molecule has 0 bridgehead atoms. The van der Waals surface area contributed by atoms with Crippen molar-refractivity contribution in [2.75, 3.05) is 11.8 Å². The summed E-state index contributed by atoms with van der Waals surface area (Å²) in [7, 11) is -2.43. The first-order valence-corrected chi connectivity index (χ1v) is 8.19. The molecular weight excluding hydrogens is 300 g/mol. The van der Waals surface area contributed by atoms with Gasteiger partial charge in [0.05, 0.1) is 18.4 Å². The van der Waals surface area contributed by atoms with Crippen LogP contribution in [0.25, 0.3) is 0 Å². The van der Waals surface area contributed by atoms with E-state index in [0.717, 1.165) is 5.56 Å². The number of sulfonamides is 1. The fourth-order valence-electron chi connectivity index (χ4n) is 2.02. The largest absolute Gasteiger partial charge is 0.495 e. The van der Waals surface area contributed by atoms with Gasteiger partial charge in [0.25, 0.3) is 10.0 Å². The second-order valence-electron chi connectivity index (χ2n) is 4.60. The van der Waals surface area contributed by atoms with Crippen LogP contribution in [0.4, 0.5) is 5.69 Å². The molecule has 2 rings (SSSR count). The molecule has 0 aliphatic heterocycles. The van der Waals surface area contributed by atoms with E-state index in [1.807, 2.05) is 19.1 Å². The van der Waals surface area contributed by atoms with Gasteiger partial charge in [-0.2, -0.15) is 5.26 Å². The highest BCUT2D eigenvalue weighted by Gasteiger charge is 2.21. The third-order valence-corrected chi connectivity index (χ3v) is 4.60. The average Bonchev–Trinajstić information content (AvgIpc) is 2.54. The summed E-state index contributed by atoms with van der Waals surface area (Å²) >= 11 is 0. The number of nitrogens with zero attached hydrogens (tertiary/aromatic N) is 1. The van der Waals surface area contributed by atoms with Gasteiger partial charge in [0.2, 0.25) is 0 Å². The van der Waals surface area contributed by atoms with Crippen molar-refractivity contribution in [1.82, 2.24) is 0 Å². The lowest BCUT2D eigenvalue weighted by molar-refractivity contribution is 0.402. The second kappa shape index (κ2) is 6.50. The Hall–Kier alpha value is -2.52. The zero-order chi connectivity index (χ0) is 16.2. The van der Waals surface area contributed by atoms with Crippen LogP contribution in [0.2, 0.25) is 0 Å². The molecule has 0 saturated heterocycles. The van der Waals surface area contributed by atoms with Crippen LogP contribution in [0.5, 0.6) is 5.75 Å². The molecule has 22 heavy (non-hydrogen) atoms. The quantitative estimate of drug-likeness (QED) is 0.920. The van der Waals surface area contributed by atoms with Gasteiger partial charge in [-0.15, -0.1) is 0 Å². The summed E-state index contributed by atoms with van der Waals surface area (Å²) in [5, 5.41) is 9.06. The van der Waals surface area contributed by atoms with E-state index >= 15 is 0 Å². The number of methoxy groups -OCH3 is 1. The number of nitrogens with one attached hydrogen (secondary N) is 1. The maximum Gasteiger partial charge on any atom is 0.265 e. The number of rotatable bonds is 5. The lowest BCUT2D eigenvalue weighted by atomic mass is 10.2. The molecule has 0 unspecified atom stereocenters. The minimum absolute atomic E-state index is 0.0575. The van der Waals surface area contributed by atoms with Gasteiger partial charge in [-0.3, -0.25) is 4.72 Å². The first kappa shape index (κ1) is 15.9. The molecule has 0 aromatic heterocycles. The highest BCUT2D eigenvalue weighted by atomic mass is 32.2. The molecule has 1 N–H and O–H groups in total. The standard InChI is InChI=1S/C16H16N2O3S/c1-3-12-8-9-15(21-2)16(10-12)22(19,20)18-14-7-5-4-6-13(14)11-17/h4-10,18H,3H2,1-2H3. The topological polar surface area (TPSA) is 79.2 Å². The molecule has 2 aromatic carbocycles. The molecule has 6 heteroatoms. The van der Waals surface area contributed by atoms with Crippen molar-refractivity contribution < 1.29 is 13.2 Å². The Morgan fingerprint density at radius 3 is 2.59 bits per heavy atom.